The molecule has 1 aliphatic heterocycles. The molecule has 104 valence electrons. The number of esters is 1. The Morgan fingerprint density at radius 2 is 2.11 bits per heavy atom. The lowest BCUT2D eigenvalue weighted by Crippen LogP contribution is -2.32. The molecule has 1 unspecified atom stereocenters. The summed E-state index contributed by atoms with van der Waals surface area (Å²) in [6.45, 7) is 1.17. The van der Waals surface area contributed by atoms with Gasteiger partial charge in [0, 0.05) is 6.07 Å². The lowest BCUT2D eigenvalue weighted by Gasteiger charge is -2.23. The fraction of sp³-hybridized carbons (Fsp3) is 0.462. The van der Waals surface area contributed by atoms with Gasteiger partial charge in [-0.05, 0) is 12.1 Å². The second kappa shape index (κ2) is 6.40. The largest absolute Gasteiger partial charge is 0.497 e. The minimum absolute atomic E-state index is 0.240. The molecule has 1 aromatic rings. The second-order valence-electron chi connectivity index (χ2n) is 3.85. The number of carbonyl (C=O) groups is 1. The van der Waals surface area contributed by atoms with Crippen LogP contribution in [-0.2, 0) is 14.2 Å². The summed E-state index contributed by atoms with van der Waals surface area (Å²) >= 11 is 0. The summed E-state index contributed by atoms with van der Waals surface area (Å²) in [6.07, 6.45) is -0.673. The van der Waals surface area contributed by atoms with Crippen LogP contribution in [0.5, 0.6) is 11.5 Å². The van der Waals surface area contributed by atoms with Crippen LogP contribution in [0.15, 0.2) is 18.2 Å². The van der Waals surface area contributed by atoms with Gasteiger partial charge in [-0.25, -0.2) is 4.79 Å². The summed E-state index contributed by atoms with van der Waals surface area (Å²) in [5, 5.41) is 0. The zero-order valence-corrected chi connectivity index (χ0v) is 10.9. The average Bonchev–Trinajstić information content (AvgIpc) is 2.47. The Labute approximate surface area is 111 Å². The lowest BCUT2D eigenvalue weighted by atomic mass is 10.2. The van der Waals surface area contributed by atoms with E-state index in [2.05, 4.69) is 0 Å². The van der Waals surface area contributed by atoms with Gasteiger partial charge in [0.15, 0.2) is 0 Å². The first-order valence-electron chi connectivity index (χ1n) is 5.87. The van der Waals surface area contributed by atoms with Crippen LogP contribution in [0.2, 0.25) is 0 Å². The quantitative estimate of drug-likeness (QED) is 0.765. The maximum atomic E-state index is 12.0. The van der Waals surface area contributed by atoms with Crippen molar-refractivity contribution in [3.8, 4) is 11.5 Å². The highest BCUT2D eigenvalue weighted by Gasteiger charge is 2.22. The number of hydrogen-bond acceptors (Lipinski definition) is 6. The van der Waals surface area contributed by atoms with E-state index in [9.17, 15) is 4.79 Å². The van der Waals surface area contributed by atoms with Crippen LogP contribution in [0.4, 0.5) is 0 Å². The van der Waals surface area contributed by atoms with E-state index in [4.69, 9.17) is 23.7 Å². The summed E-state index contributed by atoms with van der Waals surface area (Å²) in [7, 11) is 3.02. The number of benzene rings is 1. The molecule has 1 aromatic carbocycles. The molecule has 0 aliphatic carbocycles. The second-order valence-corrected chi connectivity index (χ2v) is 3.85. The first-order chi connectivity index (χ1) is 9.24. The zero-order valence-electron chi connectivity index (χ0n) is 10.9. The zero-order chi connectivity index (χ0) is 13.7. The monoisotopic (exact) mass is 268 g/mol. The van der Waals surface area contributed by atoms with Gasteiger partial charge >= 0.3 is 5.97 Å². The molecule has 0 radical (unpaired) electrons. The van der Waals surface area contributed by atoms with Gasteiger partial charge < -0.3 is 23.7 Å². The van der Waals surface area contributed by atoms with E-state index < -0.39 is 12.3 Å². The van der Waals surface area contributed by atoms with Gasteiger partial charge in [0.1, 0.15) is 23.7 Å². The fourth-order valence-corrected chi connectivity index (χ4v) is 1.68. The number of ether oxygens (including phenoxy) is 5. The molecule has 0 aromatic heterocycles. The molecule has 1 atom stereocenters. The molecular weight excluding hydrogens is 252 g/mol. The van der Waals surface area contributed by atoms with Gasteiger partial charge in [0.25, 0.3) is 0 Å². The van der Waals surface area contributed by atoms with Crippen molar-refractivity contribution >= 4 is 5.97 Å². The van der Waals surface area contributed by atoms with Crippen LogP contribution in [0.1, 0.15) is 10.4 Å². The molecule has 6 heteroatoms. The van der Waals surface area contributed by atoms with Crippen LogP contribution < -0.4 is 9.47 Å². The molecule has 2 rings (SSSR count). The van der Waals surface area contributed by atoms with E-state index in [0.717, 1.165) is 0 Å². The third-order valence-electron chi connectivity index (χ3n) is 2.65. The number of carbonyl (C=O) groups excluding carboxylic acids is 1. The highest BCUT2D eigenvalue weighted by atomic mass is 16.7. The van der Waals surface area contributed by atoms with E-state index in [-0.39, 0.29) is 6.61 Å². The third kappa shape index (κ3) is 3.36. The third-order valence-corrected chi connectivity index (χ3v) is 2.65. The van der Waals surface area contributed by atoms with Crippen molar-refractivity contribution in [1.29, 1.82) is 0 Å². The minimum Gasteiger partial charge on any atom is -0.497 e. The van der Waals surface area contributed by atoms with Crippen LogP contribution in [-0.4, -0.2) is 46.3 Å². The molecule has 19 heavy (non-hydrogen) atoms. The molecule has 0 bridgehead atoms. The van der Waals surface area contributed by atoms with E-state index in [0.29, 0.717) is 30.3 Å². The number of rotatable bonds is 4. The van der Waals surface area contributed by atoms with Crippen LogP contribution in [0.3, 0.4) is 0 Å². The van der Waals surface area contributed by atoms with Crippen LogP contribution in [0, 0.1) is 0 Å². The van der Waals surface area contributed by atoms with E-state index in [1.165, 1.54) is 7.11 Å². The molecule has 1 saturated heterocycles. The van der Waals surface area contributed by atoms with Crippen molar-refractivity contribution in [2.24, 2.45) is 0 Å². The summed E-state index contributed by atoms with van der Waals surface area (Å²) < 4.78 is 25.8. The summed E-state index contributed by atoms with van der Waals surface area (Å²) in [5.41, 5.74) is 0.317. The fourth-order valence-electron chi connectivity index (χ4n) is 1.68. The van der Waals surface area contributed by atoms with Crippen molar-refractivity contribution in [2.45, 2.75) is 6.29 Å². The number of hydrogen-bond donors (Lipinski definition) is 0. The van der Waals surface area contributed by atoms with Gasteiger partial charge in [-0.15, -0.1) is 0 Å². The van der Waals surface area contributed by atoms with Gasteiger partial charge in [0.05, 0.1) is 27.4 Å². The molecule has 0 saturated carbocycles. The van der Waals surface area contributed by atoms with Gasteiger partial charge in [-0.1, -0.05) is 0 Å². The van der Waals surface area contributed by atoms with Crippen molar-refractivity contribution < 1.29 is 28.5 Å². The first kappa shape index (κ1) is 13.6. The van der Waals surface area contributed by atoms with Gasteiger partial charge in [-0.3, -0.25) is 0 Å². The molecule has 6 nitrogen and oxygen atoms in total. The maximum absolute atomic E-state index is 12.0. The smallest absolute Gasteiger partial charge is 0.344 e. The Morgan fingerprint density at radius 3 is 2.74 bits per heavy atom. The van der Waals surface area contributed by atoms with E-state index in [1.54, 1.807) is 25.3 Å². The Morgan fingerprint density at radius 1 is 1.26 bits per heavy atom. The predicted octanol–water partition coefficient (Wildman–Crippen LogP) is 1.23. The predicted molar refractivity (Wildman–Crippen MR) is 65.5 cm³/mol. The Balaban J connectivity index is 2.09. The van der Waals surface area contributed by atoms with E-state index >= 15 is 0 Å². The van der Waals surface area contributed by atoms with Crippen molar-refractivity contribution in [3.05, 3.63) is 23.8 Å². The maximum Gasteiger partial charge on any atom is 0.344 e. The Kier molecular flexibility index (Phi) is 4.59. The van der Waals surface area contributed by atoms with Crippen molar-refractivity contribution in [3.63, 3.8) is 0 Å². The first-order valence-corrected chi connectivity index (χ1v) is 5.87. The van der Waals surface area contributed by atoms with E-state index in [1.807, 2.05) is 0 Å². The lowest BCUT2D eigenvalue weighted by molar-refractivity contribution is -0.186. The molecule has 0 N–H and O–H groups in total. The molecule has 1 aliphatic rings. The molecule has 1 fully saturated rings. The number of methoxy groups -OCH3 is 2. The Bertz CT molecular complexity index is 439. The summed E-state index contributed by atoms with van der Waals surface area (Å²) in [5.74, 6) is 0.474. The standard InChI is InChI=1S/C13H16O6/c1-15-9-3-4-10(11(7-9)16-2)13(14)19-12-8-17-5-6-18-12/h3-4,7,12H,5-6,8H2,1-2H3. The molecule has 0 amide bonds. The summed E-state index contributed by atoms with van der Waals surface area (Å²) in [6, 6.07) is 4.87. The van der Waals surface area contributed by atoms with Gasteiger partial charge in [-0.2, -0.15) is 0 Å². The molecular formula is C13H16O6. The van der Waals surface area contributed by atoms with Crippen molar-refractivity contribution in [1.82, 2.24) is 0 Å². The van der Waals surface area contributed by atoms with Crippen LogP contribution in [0.25, 0.3) is 0 Å². The van der Waals surface area contributed by atoms with Gasteiger partial charge in [0.2, 0.25) is 6.29 Å². The van der Waals surface area contributed by atoms with Crippen LogP contribution >= 0.6 is 0 Å². The normalized spacial score (nSPS) is 18.7. The molecule has 1 heterocycles. The SMILES string of the molecule is COc1ccc(C(=O)OC2COCCO2)c(OC)c1. The topological polar surface area (TPSA) is 63.2 Å². The molecule has 0 spiro atoms. The summed E-state index contributed by atoms with van der Waals surface area (Å²) in [4.78, 5) is 12.0. The minimum atomic E-state index is -0.673. The average molecular weight is 268 g/mol. The Hall–Kier alpha value is -1.79. The highest BCUT2D eigenvalue weighted by molar-refractivity contribution is 5.92. The highest BCUT2D eigenvalue weighted by Crippen LogP contribution is 2.25. The van der Waals surface area contributed by atoms with Crippen molar-refractivity contribution in [2.75, 3.05) is 34.0 Å².